The molecule has 1 saturated heterocycles. The summed E-state index contributed by atoms with van der Waals surface area (Å²) in [5.74, 6) is 0. The Morgan fingerprint density at radius 2 is 2.00 bits per heavy atom. The van der Waals surface area contributed by atoms with Gasteiger partial charge < -0.3 is 9.80 Å². The summed E-state index contributed by atoms with van der Waals surface area (Å²) in [5, 5.41) is 0. The average molecular weight is 374 g/mol. The Balaban J connectivity index is 2.96. The Kier molecular flexibility index (Phi) is 7.15. The van der Waals surface area contributed by atoms with Crippen molar-refractivity contribution in [3.05, 3.63) is 33.1 Å². The van der Waals surface area contributed by atoms with Gasteiger partial charge in [-0.2, -0.15) is 0 Å². The van der Waals surface area contributed by atoms with E-state index in [0.29, 0.717) is 6.04 Å². The van der Waals surface area contributed by atoms with E-state index in [2.05, 4.69) is 85.4 Å². The summed E-state index contributed by atoms with van der Waals surface area (Å²) in [4.78, 5) is 4.98. The lowest BCUT2D eigenvalue weighted by molar-refractivity contribution is 0.134. The predicted molar refractivity (Wildman–Crippen MR) is 93.6 cm³/mol. The summed E-state index contributed by atoms with van der Waals surface area (Å²) in [7, 11) is 2.21. The van der Waals surface area contributed by atoms with E-state index in [1.54, 1.807) is 0 Å². The lowest BCUT2D eigenvalue weighted by Crippen LogP contribution is -2.49. The second-order valence-corrected chi connectivity index (χ2v) is 6.58. The van der Waals surface area contributed by atoms with Crippen molar-refractivity contribution in [3.63, 3.8) is 0 Å². The topological polar surface area (TPSA) is 6.48 Å². The van der Waals surface area contributed by atoms with Crippen LogP contribution < -0.4 is 0 Å². The van der Waals surface area contributed by atoms with Gasteiger partial charge in [-0.3, -0.25) is 0 Å². The molecular weight excluding hydrogens is 347 g/mol. The van der Waals surface area contributed by atoms with Crippen LogP contribution in [0.1, 0.15) is 34.1 Å². The Morgan fingerprint density at radius 3 is 2.53 bits per heavy atom. The molecule has 2 nitrogen and oxygen atoms in total. The summed E-state index contributed by atoms with van der Waals surface area (Å²) < 4.78 is 1.29. The van der Waals surface area contributed by atoms with Crippen molar-refractivity contribution in [2.45, 2.75) is 40.2 Å². The van der Waals surface area contributed by atoms with Gasteiger partial charge in [0.15, 0.2) is 0 Å². The Bertz CT molecular complexity index is 382. The first-order chi connectivity index (χ1) is 8.99. The molecule has 3 heteroatoms. The molecule has 1 rings (SSSR count). The quantitative estimate of drug-likeness (QED) is 0.538. The van der Waals surface area contributed by atoms with Crippen LogP contribution in [-0.4, -0.2) is 42.5 Å². The molecule has 0 aliphatic carbocycles. The van der Waals surface area contributed by atoms with E-state index in [-0.39, 0.29) is 0 Å². The molecule has 0 bridgehead atoms. The number of hydrogen-bond donors (Lipinski definition) is 0. The maximum Gasteiger partial charge on any atom is 0.0389 e. The maximum absolute atomic E-state index is 2.56. The highest BCUT2D eigenvalue weighted by Crippen LogP contribution is 2.22. The van der Waals surface area contributed by atoms with E-state index in [0.717, 1.165) is 26.1 Å². The number of likely N-dealkylation sites (N-methyl/N-ethyl adjacent to an activating group) is 1. The van der Waals surface area contributed by atoms with Crippen LogP contribution in [0.15, 0.2) is 33.1 Å². The van der Waals surface area contributed by atoms with Crippen molar-refractivity contribution < 1.29 is 0 Å². The number of rotatable bonds is 4. The van der Waals surface area contributed by atoms with Gasteiger partial charge in [0.1, 0.15) is 0 Å². The molecule has 0 aromatic rings. The number of allylic oxidation sites excluding steroid dienone is 5. The lowest BCUT2D eigenvalue weighted by Gasteiger charge is -2.41. The third-order valence-corrected chi connectivity index (χ3v) is 4.77. The molecule has 0 N–H and O–H groups in total. The highest BCUT2D eigenvalue weighted by molar-refractivity contribution is 14.1. The molecule has 0 spiro atoms. The highest BCUT2D eigenvalue weighted by atomic mass is 127. The van der Waals surface area contributed by atoms with Crippen LogP contribution in [0, 0.1) is 0 Å². The molecule has 1 fully saturated rings. The Labute approximate surface area is 132 Å². The third-order valence-electron chi connectivity index (χ3n) is 3.78. The summed E-state index contributed by atoms with van der Waals surface area (Å²) >= 11 is 2.38. The molecule has 0 amide bonds. The zero-order chi connectivity index (χ0) is 14.4. The lowest BCUT2D eigenvalue weighted by atomic mass is 10.1. The van der Waals surface area contributed by atoms with Crippen LogP contribution in [-0.2, 0) is 0 Å². The second kappa shape index (κ2) is 8.10. The van der Waals surface area contributed by atoms with Crippen LogP contribution in [0.4, 0.5) is 0 Å². The summed E-state index contributed by atoms with van der Waals surface area (Å²) in [6.45, 7) is 12.3. The first kappa shape index (κ1) is 16.8. The van der Waals surface area contributed by atoms with Crippen molar-refractivity contribution in [2.24, 2.45) is 0 Å². The van der Waals surface area contributed by atoms with Gasteiger partial charge in [-0.05, 0) is 69.0 Å². The van der Waals surface area contributed by atoms with Crippen LogP contribution >= 0.6 is 22.6 Å². The van der Waals surface area contributed by atoms with Crippen LogP contribution in [0.2, 0.25) is 0 Å². The summed E-state index contributed by atoms with van der Waals surface area (Å²) in [5.41, 5.74) is 2.90. The van der Waals surface area contributed by atoms with Crippen molar-refractivity contribution in [3.8, 4) is 0 Å². The molecule has 0 radical (unpaired) electrons. The molecule has 0 aromatic carbocycles. The van der Waals surface area contributed by atoms with E-state index in [4.69, 9.17) is 0 Å². The van der Waals surface area contributed by atoms with E-state index in [1.807, 2.05) is 0 Å². The molecule has 0 saturated carbocycles. The van der Waals surface area contributed by atoms with Gasteiger partial charge in [0.25, 0.3) is 0 Å². The third kappa shape index (κ3) is 4.95. The van der Waals surface area contributed by atoms with Crippen molar-refractivity contribution in [1.82, 2.24) is 9.80 Å². The largest absolute Gasteiger partial charge is 0.366 e. The molecule has 0 aromatic heterocycles. The monoisotopic (exact) mass is 374 g/mol. The van der Waals surface area contributed by atoms with Crippen LogP contribution in [0.5, 0.6) is 0 Å². The summed E-state index contributed by atoms with van der Waals surface area (Å²) in [6, 6.07) is 0.586. The second-order valence-electron chi connectivity index (χ2n) is 5.33. The fourth-order valence-electron chi connectivity index (χ4n) is 2.42. The van der Waals surface area contributed by atoms with Gasteiger partial charge in [-0.1, -0.05) is 18.6 Å². The van der Waals surface area contributed by atoms with Gasteiger partial charge >= 0.3 is 0 Å². The summed E-state index contributed by atoms with van der Waals surface area (Å²) in [6.07, 6.45) is 7.77. The smallest absolute Gasteiger partial charge is 0.0389 e. The highest BCUT2D eigenvalue weighted by Gasteiger charge is 2.22. The number of hydrogen-bond acceptors (Lipinski definition) is 2. The van der Waals surface area contributed by atoms with Gasteiger partial charge in [0, 0.05) is 35.0 Å². The normalized spacial score (nSPS) is 24.0. The van der Waals surface area contributed by atoms with Crippen molar-refractivity contribution in [1.29, 1.82) is 0 Å². The SMILES string of the molecule is C/C=C(I)/C=C\C(=C(/C)CC)N1CCN(C)C[C@H]1C. The minimum absolute atomic E-state index is 0.586. The van der Waals surface area contributed by atoms with Gasteiger partial charge in [-0.25, -0.2) is 0 Å². The minimum Gasteiger partial charge on any atom is -0.366 e. The molecule has 0 unspecified atom stereocenters. The Morgan fingerprint density at radius 1 is 1.32 bits per heavy atom. The number of piperazine rings is 1. The van der Waals surface area contributed by atoms with E-state index in [1.165, 1.54) is 14.8 Å². The van der Waals surface area contributed by atoms with E-state index in [9.17, 15) is 0 Å². The van der Waals surface area contributed by atoms with Gasteiger partial charge in [0.2, 0.25) is 0 Å². The standard InChI is InChI=1S/C16H27IN2/c1-6-13(3)16(9-8-15(17)7-2)19-11-10-18(5)12-14(19)4/h7-9,14H,6,10-12H2,1-5H3/b9-8-,15-7-,16-13-/t14-/m1/s1. The zero-order valence-electron chi connectivity index (χ0n) is 12.9. The molecule has 1 aliphatic heterocycles. The van der Waals surface area contributed by atoms with Crippen molar-refractivity contribution in [2.75, 3.05) is 26.7 Å². The first-order valence-electron chi connectivity index (χ1n) is 7.14. The van der Waals surface area contributed by atoms with Crippen LogP contribution in [0.3, 0.4) is 0 Å². The number of nitrogens with zero attached hydrogens (tertiary/aromatic N) is 2. The zero-order valence-corrected chi connectivity index (χ0v) is 15.1. The van der Waals surface area contributed by atoms with E-state index >= 15 is 0 Å². The molecule has 1 atom stereocenters. The Hall–Kier alpha value is -0.290. The van der Waals surface area contributed by atoms with Gasteiger partial charge in [0.05, 0.1) is 0 Å². The fourth-order valence-corrected chi connectivity index (χ4v) is 2.60. The van der Waals surface area contributed by atoms with Crippen molar-refractivity contribution >= 4 is 22.6 Å². The first-order valence-corrected chi connectivity index (χ1v) is 8.22. The van der Waals surface area contributed by atoms with Crippen LogP contribution in [0.25, 0.3) is 0 Å². The molecule has 1 heterocycles. The van der Waals surface area contributed by atoms with E-state index < -0.39 is 0 Å². The maximum atomic E-state index is 2.56. The fraction of sp³-hybridized carbons (Fsp3) is 0.625. The molecular formula is C16H27IN2. The molecule has 1 aliphatic rings. The molecule has 19 heavy (non-hydrogen) atoms. The number of halogens is 1. The van der Waals surface area contributed by atoms with Gasteiger partial charge in [-0.15, -0.1) is 0 Å². The molecule has 108 valence electrons. The predicted octanol–water partition coefficient (Wildman–Crippen LogP) is 4.20. The minimum atomic E-state index is 0.586. The average Bonchev–Trinajstić information content (AvgIpc) is 2.40.